The number of esters is 1. The maximum Gasteiger partial charge on any atom is 0.306 e. The molecule has 6 nitrogen and oxygen atoms in total. The summed E-state index contributed by atoms with van der Waals surface area (Å²) in [7, 11) is 0. The Labute approximate surface area is 352 Å². The molecule has 3 unspecified atom stereocenters. The number of nitrogens with one attached hydrogen (secondary N) is 1. The average Bonchev–Trinajstić information content (AvgIpc) is 3.20. The number of amides is 1. The van der Waals surface area contributed by atoms with Gasteiger partial charge in [-0.15, -0.1) is 0 Å². The third-order valence-electron chi connectivity index (χ3n) is 10.7. The Morgan fingerprint density at radius 1 is 0.526 bits per heavy atom. The Hall–Kier alpha value is -2.44. The van der Waals surface area contributed by atoms with E-state index >= 15 is 0 Å². The standard InChI is InChI=1S/C51H91NO5/c1-4-7-10-13-16-19-22-24-25-26-29-32-35-38-41-44-51(56)57-47(42-39-36-33-30-28-23-20-17-14-11-8-5-2)45-50(55)52-48(46-53)49(54)43-40-37-34-31-27-21-18-15-12-9-6-3/h7,10,13,16,19,22,24-26,29,47-49,53-54H,4-6,8-9,11-12,14-15,17-18,20-21,23,27-28,30-46H2,1-3H3,(H,52,55)/b10-7+,16-13+,22-19-,25-24-,29-26+. The van der Waals surface area contributed by atoms with Crippen LogP contribution in [0, 0.1) is 0 Å². The van der Waals surface area contributed by atoms with Gasteiger partial charge in [-0.25, -0.2) is 0 Å². The lowest BCUT2D eigenvalue weighted by Gasteiger charge is -2.24. The van der Waals surface area contributed by atoms with Crippen LogP contribution in [-0.4, -0.2) is 46.9 Å². The van der Waals surface area contributed by atoms with Gasteiger partial charge in [-0.1, -0.05) is 229 Å². The van der Waals surface area contributed by atoms with Gasteiger partial charge in [-0.05, 0) is 44.9 Å². The largest absolute Gasteiger partial charge is 0.462 e. The van der Waals surface area contributed by atoms with Gasteiger partial charge in [0.2, 0.25) is 5.91 Å². The van der Waals surface area contributed by atoms with Crippen LogP contribution in [0.2, 0.25) is 0 Å². The van der Waals surface area contributed by atoms with Crippen molar-refractivity contribution < 1.29 is 24.5 Å². The summed E-state index contributed by atoms with van der Waals surface area (Å²) in [5, 5.41) is 23.7. The van der Waals surface area contributed by atoms with Gasteiger partial charge in [0.15, 0.2) is 0 Å². The van der Waals surface area contributed by atoms with Gasteiger partial charge >= 0.3 is 5.97 Å². The third-order valence-corrected chi connectivity index (χ3v) is 10.7. The zero-order chi connectivity index (χ0) is 41.7. The SMILES string of the molecule is CC/C=C/C=C/C=C\C=C/C=C/CCCCCC(=O)OC(CCCCCCCCCCCCCC)CC(=O)NC(CO)C(O)CCCCCCCCCCCCC. The number of hydrogen-bond acceptors (Lipinski definition) is 5. The number of carbonyl (C=O) groups excluding carboxylic acids is 2. The molecule has 0 fully saturated rings. The minimum atomic E-state index is -0.794. The van der Waals surface area contributed by atoms with Crippen LogP contribution < -0.4 is 5.32 Å². The summed E-state index contributed by atoms with van der Waals surface area (Å²) in [4.78, 5) is 26.0. The normalized spacial score (nSPS) is 13.8. The van der Waals surface area contributed by atoms with Crippen molar-refractivity contribution >= 4 is 11.9 Å². The first-order valence-corrected chi connectivity index (χ1v) is 24.1. The molecule has 0 aliphatic heterocycles. The number of hydrogen-bond donors (Lipinski definition) is 3. The van der Waals surface area contributed by atoms with Crippen molar-refractivity contribution in [2.45, 2.75) is 244 Å². The highest BCUT2D eigenvalue weighted by Crippen LogP contribution is 2.18. The summed E-state index contributed by atoms with van der Waals surface area (Å²) in [6, 6.07) is -0.709. The minimum absolute atomic E-state index is 0.0606. The molecule has 3 N–H and O–H groups in total. The van der Waals surface area contributed by atoms with E-state index in [0.717, 1.165) is 70.6 Å². The first-order valence-electron chi connectivity index (χ1n) is 24.1. The Bertz CT molecular complexity index is 1030. The predicted molar refractivity (Wildman–Crippen MR) is 245 cm³/mol. The highest BCUT2D eigenvalue weighted by molar-refractivity contribution is 5.77. The van der Waals surface area contributed by atoms with Gasteiger partial charge in [0.1, 0.15) is 6.10 Å². The van der Waals surface area contributed by atoms with E-state index in [-0.39, 0.29) is 24.9 Å². The van der Waals surface area contributed by atoms with Gasteiger partial charge in [0.25, 0.3) is 0 Å². The molecule has 0 rings (SSSR count). The second-order valence-corrected chi connectivity index (χ2v) is 16.3. The van der Waals surface area contributed by atoms with E-state index in [1.54, 1.807) is 0 Å². The van der Waals surface area contributed by atoms with Crippen LogP contribution in [0.5, 0.6) is 0 Å². The predicted octanol–water partition coefficient (Wildman–Crippen LogP) is 14.1. The van der Waals surface area contributed by atoms with Gasteiger partial charge in [0, 0.05) is 6.42 Å². The minimum Gasteiger partial charge on any atom is -0.462 e. The molecule has 0 saturated carbocycles. The molecule has 0 aromatic heterocycles. The monoisotopic (exact) mass is 798 g/mol. The number of aliphatic hydroxyl groups is 2. The van der Waals surface area contributed by atoms with Crippen LogP contribution >= 0.6 is 0 Å². The van der Waals surface area contributed by atoms with E-state index in [2.05, 4.69) is 44.3 Å². The number of rotatable bonds is 42. The fraction of sp³-hybridized carbons (Fsp3) is 0.765. The Morgan fingerprint density at radius 2 is 0.947 bits per heavy atom. The molecular formula is C51H91NO5. The van der Waals surface area contributed by atoms with Crippen LogP contribution in [0.3, 0.4) is 0 Å². The number of ether oxygens (including phenoxy) is 1. The number of unbranched alkanes of at least 4 members (excludes halogenated alkanes) is 24. The van der Waals surface area contributed by atoms with E-state index in [1.807, 2.05) is 42.5 Å². The maximum absolute atomic E-state index is 13.1. The fourth-order valence-corrected chi connectivity index (χ4v) is 7.10. The van der Waals surface area contributed by atoms with Crippen LogP contribution in [0.4, 0.5) is 0 Å². The molecule has 6 heteroatoms. The van der Waals surface area contributed by atoms with E-state index in [9.17, 15) is 19.8 Å². The van der Waals surface area contributed by atoms with Gasteiger partial charge in [-0.2, -0.15) is 0 Å². The molecule has 0 bridgehead atoms. The summed E-state index contributed by atoms with van der Waals surface area (Å²) in [6.45, 7) is 6.32. The summed E-state index contributed by atoms with van der Waals surface area (Å²) in [5.74, 6) is -0.521. The lowest BCUT2D eigenvalue weighted by molar-refractivity contribution is -0.151. The molecule has 0 aliphatic rings. The lowest BCUT2D eigenvalue weighted by atomic mass is 10.0. The van der Waals surface area contributed by atoms with Gasteiger partial charge in [0.05, 0.1) is 25.2 Å². The molecule has 1 amide bonds. The Balaban J connectivity index is 4.66. The number of allylic oxidation sites excluding steroid dienone is 10. The zero-order valence-electron chi connectivity index (χ0n) is 37.5. The summed E-state index contributed by atoms with van der Waals surface area (Å²) in [6.07, 6.45) is 54.1. The summed E-state index contributed by atoms with van der Waals surface area (Å²) >= 11 is 0. The van der Waals surface area contributed by atoms with Crippen molar-refractivity contribution in [3.05, 3.63) is 60.8 Å². The van der Waals surface area contributed by atoms with E-state index in [1.165, 1.54) is 109 Å². The topological polar surface area (TPSA) is 95.9 Å². The molecular weight excluding hydrogens is 707 g/mol. The van der Waals surface area contributed by atoms with Crippen molar-refractivity contribution in [1.82, 2.24) is 5.32 Å². The average molecular weight is 798 g/mol. The molecule has 0 aliphatic carbocycles. The molecule has 57 heavy (non-hydrogen) atoms. The van der Waals surface area contributed by atoms with E-state index in [4.69, 9.17) is 4.74 Å². The molecule has 0 saturated heterocycles. The number of aliphatic hydroxyl groups excluding tert-OH is 2. The van der Waals surface area contributed by atoms with Crippen LogP contribution in [0.1, 0.15) is 226 Å². The van der Waals surface area contributed by atoms with Gasteiger partial charge < -0.3 is 20.3 Å². The van der Waals surface area contributed by atoms with Crippen molar-refractivity contribution in [2.75, 3.05) is 6.61 Å². The second-order valence-electron chi connectivity index (χ2n) is 16.3. The van der Waals surface area contributed by atoms with Gasteiger partial charge in [-0.3, -0.25) is 9.59 Å². The molecule has 0 radical (unpaired) electrons. The van der Waals surface area contributed by atoms with Crippen LogP contribution in [0.15, 0.2) is 60.8 Å². The van der Waals surface area contributed by atoms with Crippen molar-refractivity contribution in [3.8, 4) is 0 Å². The van der Waals surface area contributed by atoms with Crippen molar-refractivity contribution in [1.29, 1.82) is 0 Å². The Morgan fingerprint density at radius 3 is 1.42 bits per heavy atom. The molecule has 0 aromatic rings. The van der Waals surface area contributed by atoms with Crippen LogP contribution in [0.25, 0.3) is 0 Å². The quantitative estimate of drug-likeness (QED) is 0.0325. The first-order chi connectivity index (χ1) is 28.0. The van der Waals surface area contributed by atoms with E-state index < -0.39 is 18.2 Å². The lowest BCUT2D eigenvalue weighted by Crippen LogP contribution is -2.46. The maximum atomic E-state index is 13.1. The van der Waals surface area contributed by atoms with Crippen molar-refractivity contribution in [3.63, 3.8) is 0 Å². The number of carbonyl (C=O) groups is 2. The zero-order valence-corrected chi connectivity index (χ0v) is 37.5. The molecule has 0 aromatic carbocycles. The molecule has 0 spiro atoms. The van der Waals surface area contributed by atoms with Crippen molar-refractivity contribution in [2.24, 2.45) is 0 Å². The summed E-state index contributed by atoms with van der Waals surface area (Å²) in [5.41, 5.74) is 0. The highest BCUT2D eigenvalue weighted by Gasteiger charge is 2.24. The van der Waals surface area contributed by atoms with Crippen LogP contribution in [-0.2, 0) is 14.3 Å². The second kappa shape index (κ2) is 44.7. The molecule has 3 atom stereocenters. The third kappa shape index (κ3) is 40.1. The smallest absolute Gasteiger partial charge is 0.306 e. The first kappa shape index (κ1) is 54.6. The summed E-state index contributed by atoms with van der Waals surface area (Å²) < 4.78 is 5.90. The highest BCUT2D eigenvalue weighted by atomic mass is 16.5. The van der Waals surface area contributed by atoms with E-state index in [0.29, 0.717) is 19.3 Å². The molecule has 330 valence electrons. The molecule has 0 heterocycles. The fourth-order valence-electron chi connectivity index (χ4n) is 7.10. The Kier molecular flexibility index (Phi) is 42.7.